The molecule has 6 heteroatoms. The van der Waals surface area contributed by atoms with Crippen molar-refractivity contribution in [2.75, 3.05) is 13.7 Å². The van der Waals surface area contributed by atoms with Gasteiger partial charge in [0.05, 0.1) is 12.2 Å². The Morgan fingerprint density at radius 3 is 2.89 bits per heavy atom. The minimum absolute atomic E-state index is 0.115. The molecule has 2 aromatic rings. The van der Waals surface area contributed by atoms with Gasteiger partial charge >= 0.3 is 0 Å². The first-order chi connectivity index (χ1) is 8.95. The Bertz CT molecular complexity index is 581. The second-order valence-corrected chi connectivity index (χ2v) is 4.71. The monoisotopic (exact) mass is 265 g/mol. The van der Waals surface area contributed by atoms with E-state index in [1.165, 1.54) is 7.11 Å². The summed E-state index contributed by atoms with van der Waals surface area (Å²) in [5, 5.41) is 3.80. The van der Waals surface area contributed by atoms with Crippen molar-refractivity contribution in [2.45, 2.75) is 19.4 Å². The van der Waals surface area contributed by atoms with Crippen molar-refractivity contribution < 1.29 is 13.7 Å². The molecule has 102 valence electrons. The lowest BCUT2D eigenvalue weighted by atomic mass is 10.1. The molecular weight excluding hydrogens is 249 g/mol. The fourth-order valence-corrected chi connectivity index (χ4v) is 1.74. The molecule has 0 amide bonds. The largest absolute Gasteiger partial charge is 0.382 e. The van der Waals surface area contributed by atoms with Crippen LogP contribution in [-0.4, -0.2) is 23.9 Å². The van der Waals surface area contributed by atoms with Crippen molar-refractivity contribution in [3.63, 3.8) is 0 Å². The van der Waals surface area contributed by atoms with Crippen molar-refractivity contribution in [1.29, 1.82) is 0 Å². The highest BCUT2D eigenvalue weighted by Crippen LogP contribution is 2.25. The summed E-state index contributed by atoms with van der Waals surface area (Å²) in [5.74, 6) is 0.0254. The molecule has 1 atom stereocenters. The van der Waals surface area contributed by atoms with Gasteiger partial charge in [-0.25, -0.2) is 4.39 Å². The van der Waals surface area contributed by atoms with E-state index >= 15 is 0 Å². The van der Waals surface area contributed by atoms with Gasteiger partial charge in [-0.1, -0.05) is 17.3 Å². The number of hydrogen-bond acceptors (Lipinski definition) is 5. The van der Waals surface area contributed by atoms with Gasteiger partial charge in [-0.15, -0.1) is 0 Å². The fraction of sp³-hybridized carbons (Fsp3) is 0.385. The molecule has 1 aromatic heterocycles. The van der Waals surface area contributed by atoms with Crippen LogP contribution in [0.2, 0.25) is 0 Å². The molecule has 0 saturated heterocycles. The number of benzene rings is 1. The molecule has 0 aliphatic heterocycles. The van der Waals surface area contributed by atoms with E-state index in [-0.39, 0.29) is 29.7 Å². The lowest BCUT2D eigenvalue weighted by Crippen LogP contribution is -2.38. The van der Waals surface area contributed by atoms with Gasteiger partial charge in [-0.3, -0.25) is 0 Å². The summed E-state index contributed by atoms with van der Waals surface area (Å²) in [4.78, 5) is 4.15. The normalized spacial score (nSPS) is 14.4. The summed E-state index contributed by atoms with van der Waals surface area (Å²) in [5.41, 5.74) is 5.91. The Kier molecular flexibility index (Phi) is 3.64. The molecule has 1 aromatic carbocycles. The lowest BCUT2D eigenvalue weighted by Gasteiger charge is -2.18. The second-order valence-electron chi connectivity index (χ2n) is 4.71. The van der Waals surface area contributed by atoms with E-state index in [0.29, 0.717) is 5.56 Å². The van der Waals surface area contributed by atoms with E-state index in [4.69, 9.17) is 15.0 Å². The summed E-state index contributed by atoms with van der Waals surface area (Å²) in [7, 11) is 1.53. The van der Waals surface area contributed by atoms with E-state index in [9.17, 15) is 4.39 Å². The van der Waals surface area contributed by atoms with Crippen LogP contribution >= 0.6 is 0 Å². The van der Waals surface area contributed by atoms with E-state index in [1.807, 2.05) is 0 Å². The number of methoxy groups -OCH3 is 1. The third-order valence-electron chi connectivity index (χ3n) is 2.80. The first kappa shape index (κ1) is 13.6. The van der Waals surface area contributed by atoms with Crippen LogP contribution in [0.5, 0.6) is 0 Å². The van der Waals surface area contributed by atoms with Gasteiger partial charge in [0.25, 0.3) is 5.89 Å². The third kappa shape index (κ3) is 2.64. The maximum atomic E-state index is 14.0. The molecule has 1 unspecified atom stereocenters. The molecule has 19 heavy (non-hydrogen) atoms. The van der Waals surface area contributed by atoms with Gasteiger partial charge in [-0.2, -0.15) is 4.98 Å². The van der Waals surface area contributed by atoms with Gasteiger partial charge in [-0.05, 0) is 25.5 Å². The topological polar surface area (TPSA) is 74.2 Å². The van der Waals surface area contributed by atoms with Gasteiger partial charge in [0.1, 0.15) is 11.4 Å². The molecule has 0 saturated carbocycles. The predicted molar refractivity (Wildman–Crippen MR) is 67.8 cm³/mol. The number of nitrogens with two attached hydrogens (primary N) is 1. The molecule has 0 aliphatic rings. The minimum atomic E-state index is -0.878. The Morgan fingerprint density at radius 2 is 2.21 bits per heavy atom. The summed E-state index contributed by atoms with van der Waals surface area (Å²) >= 11 is 0. The van der Waals surface area contributed by atoms with Gasteiger partial charge < -0.3 is 15.0 Å². The molecule has 0 aliphatic carbocycles. The highest BCUT2D eigenvalue weighted by molar-refractivity contribution is 5.55. The molecule has 1 heterocycles. The Morgan fingerprint density at radius 1 is 1.47 bits per heavy atom. The van der Waals surface area contributed by atoms with Crippen molar-refractivity contribution >= 4 is 0 Å². The molecule has 0 radical (unpaired) electrons. The van der Waals surface area contributed by atoms with E-state index in [2.05, 4.69) is 10.1 Å². The number of halogens is 1. The number of ether oxygens (including phenoxy) is 1. The van der Waals surface area contributed by atoms with Gasteiger partial charge in [0, 0.05) is 7.11 Å². The SMILES string of the molecule is COCC(C)(N)c1noc(-c2cccc(C)c2F)n1. The predicted octanol–water partition coefficient (Wildman–Crippen LogP) is 2.00. The van der Waals surface area contributed by atoms with Crippen LogP contribution in [0.1, 0.15) is 18.3 Å². The number of nitrogens with zero attached hydrogens (tertiary/aromatic N) is 2. The Balaban J connectivity index is 2.39. The molecule has 0 spiro atoms. The van der Waals surface area contributed by atoms with Crippen LogP contribution < -0.4 is 5.73 Å². The standard InChI is InChI=1S/C13H16FN3O2/c1-8-5-4-6-9(10(8)14)11-16-12(17-19-11)13(2,15)7-18-3/h4-6H,7,15H2,1-3H3. The molecule has 0 bridgehead atoms. The highest BCUT2D eigenvalue weighted by Gasteiger charge is 2.28. The number of hydrogen-bond donors (Lipinski definition) is 1. The summed E-state index contributed by atoms with van der Waals surface area (Å²) in [6.45, 7) is 3.63. The number of aromatic nitrogens is 2. The first-order valence-electron chi connectivity index (χ1n) is 5.83. The first-order valence-corrected chi connectivity index (χ1v) is 5.83. The molecule has 5 nitrogen and oxygen atoms in total. The number of aryl methyl sites for hydroxylation is 1. The Hall–Kier alpha value is -1.79. The van der Waals surface area contributed by atoms with E-state index in [1.54, 1.807) is 32.0 Å². The fourth-order valence-electron chi connectivity index (χ4n) is 1.74. The summed E-state index contributed by atoms with van der Waals surface area (Å²) < 4.78 is 24.0. The molecule has 2 N–H and O–H groups in total. The molecular formula is C13H16FN3O2. The van der Waals surface area contributed by atoms with Crippen molar-refractivity contribution in [3.8, 4) is 11.5 Å². The smallest absolute Gasteiger partial charge is 0.260 e. The Labute approximate surface area is 110 Å². The average molecular weight is 265 g/mol. The van der Waals surface area contributed by atoms with Crippen molar-refractivity contribution in [1.82, 2.24) is 10.1 Å². The second kappa shape index (κ2) is 5.07. The van der Waals surface area contributed by atoms with Crippen LogP contribution in [0.4, 0.5) is 4.39 Å². The van der Waals surface area contributed by atoms with Crippen LogP contribution in [-0.2, 0) is 10.3 Å². The van der Waals surface area contributed by atoms with E-state index in [0.717, 1.165) is 0 Å². The van der Waals surface area contributed by atoms with Crippen LogP contribution in [0, 0.1) is 12.7 Å². The average Bonchev–Trinajstić information content (AvgIpc) is 2.82. The molecule has 2 rings (SSSR count). The highest BCUT2D eigenvalue weighted by atomic mass is 19.1. The zero-order valence-corrected chi connectivity index (χ0v) is 11.1. The number of rotatable bonds is 4. The zero-order chi connectivity index (χ0) is 14.0. The summed E-state index contributed by atoms with van der Waals surface area (Å²) in [6, 6.07) is 4.99. The van der Waals surface area contributed by atoms with Crippen LogP contribution in [0.25, 0.3) is 11.5 Å². The van der Waals surface area contributed by atoms with Crippen molar-refractivity contribution in [2.24, 2.45) is 5.73 Å². The third-order valence-corrected chi connectivity index (χ3v) is 2.80. The minimum Gasteiger partial charge on any atom is -0.382 e. The van der Waals surface area contributed by atoms with Crippen molar-refractivity contribution in [3.05, 3.63) is 35.4 Å². The van der Waals surface area contributed by atoms with Gasteiger partial charge in [0.15, 0.2) is 5.82 Å². The zero-order valence-electron chi connectivity index (χ0n) is 11.1. The molecule has 0 fully saturated rings. The van der Waals surface area contributed by atoms with Crippen LogP contribution in [0.15, 0.2) is 22.7 Å². The maximum absolute atomic E-state index is 14.0. The van der Waals surface area contributed by atoms with E-state index < -0.39 is 5.54 Å². The lowest BCUT2D eigenvalue weighted by molar-refractivity contribution is 0.135. The quantitative estimate of drug-likeness (QED) is 0.915. The van der Waals surface area contributed by atoms with Crippen LogP contribution in [0.3, 0.4) is 0 Å². The maximum Gasteiger partial charge on any atom is 0.260 e. The van der Waals surface area contributed by atoms with Gasteiger partial charge in [0.2, 0.25) is 0 Å². The summed E-state index contributed by atoms with van der Waals surface area (Å²) in [6.07, 6.45) is 0.